The van der Waals surface area contributed by atoms with E-state index in [1.54, 1.807) is 13.0 Å². The van der Waals surface area contributed by atoms with Gasteiger partial charge in [0.2, 0.25) is 0 Å². The molecule has 1 aliphatic heterocycles. The van der Waals surface area contributed by atoms with Crippen LogP contribution in [0.2, 0.25) is 0 Å². The first-order valence-corrected chi connectivity index (χ1v) is 8.81. The molecule has 0 atom stereocenters. The molecule has 0 radical (unpaired) electrons. The van der Waals surface area contributed by atoms with Crippen LogP contribution in [-0.4, -0.2) is 22.3 Å². The summed E-state index contributed by atoms with van der Waals surface area (Å²) in [6, 6.07) is 8.14. The van der Waals surface area contributed by atoms with Crippen LogP contribution in [0.15, 0.2) is 36.0 Å². The molecule has 1 aliphatic rings. The first-order chi connectivity index (χ1) is 12.0. The molecule has 3 rings (SSSR count). The molecule has 0 aliphatic carbocycles. The van der Waals surface area contributed by atoms with Crippen molar-refractivity contribution in [1.82, 2.24) is 4.57 Å². The van der Waals surface area contributed by atoms with Crippen LogP contribution in [0.1, 0.15) is 53.1 Å². The molecular weight excluding hydrogens is 330 g/mol. The van der Waals surface area contributed by atoms with E-state index in [4.69, 9.17) is 9.47 Å². The van der Waals surface area contributed by atoms with Crippen LogP contribution in [0.25, 0.3) is 17.0 Å². The number of benzene rings is 1. The molecule has 1 fully saturated rings. The second-order valence-electron chi connectivity index (χ2n) is 8.14. The molecule has 2 heterocycles. The van der Waals surface area contributed by atoms with Gasteiger partial charge in [-0.05, 0) is 26.0 Å². The zero-order valence-corrected chi connectivity index (χ0v) is 16.1. The van der Waals surface area contributed by atoms with E-state index < -0.39 is 23.1 Å². The van der Waals surface area contributed by atoms with Gasteiger partial charge in [-0.25, -0.2) is 9.59 Å². The number of carbonyl (C=O) groups is 2. The predicted molar refractivity (Wildman–Crippen MR) is 100 cm³/mol. The molecule has 26 heavy (non-hydrogen) atoms. The summed E-state index contributed by atoms with van der Waals surface area (Å²) in [6.45, 7) is 11.4. The zero-order chi connectivity index (χ0) is 19.3. The van der Waals surface area contributed by atoms with Gasteiger partial charge in [0.1, 0.15) is 5.57 Å². The van der Waals surface area contributed by atoms with Crippen LogP contribution in [0.4, 0.5) is 0 Å². The van der Waals surface area contributed by atoms with Gasteiger partial charge in [0.15, 0.2) is 0 Å². The number of aromatic nitrogens is 1. The van der Waals surface area contributed by atoms with E-state index in [0.29, 0.717) is 0 Å². The predicted octanol–water partition coefficient (Wildman–Crippen LogP) is 4.47. The van der Waals surface area contributed by atoms with E-state index in [2.05, 4.69) is 18.4 Å². The average Bonchev–Trinajstić information content (AvgIpc) is 2.89. The molecule has 138 valence electrons. The van der Waals surface area contributed by atoms with Gasteiger partial charge >= 0.3 is 11.9 Å². The summed E-state index contributed by atoms with van der Waals surface area (Å²) in [5.74, 6) is -2.59. The van der Waals surface area contributed by atoms with Gasteiger partial charge < -0.3 is 14.0 Å². The Labute approximate surface area is 153 Å². The van der Waals surface area contributed by atoms with Crippen LogP contribution in [0, 0.1) is 5.41 Å². The summed E-state index contributed by atoms with van der Waals surface area (Å²) >= 11 is 0. The molecule has 0 amide bonds. The highest BCUT2D eigenvalue weighted by molar-refractivity contribution is 6.19. The number of hydrogen-bond acceptors (Lipinski definition) is 4. The Hall–Kier alpha value is -2.56. The highest BCUT2D eigenvalue weighted by Gasteiger charge is 2.50. The van der Waals surface area contributed by atoms with Crippen molar-refractivity contribution < 1.29 is 19.1 Å². The van der Waals surface area contributed by atoms with Gasteiger partial charge in [-0.1, -0.05) is 39.0 Å². The third-order valence-corrected chi connectivity index (χ3v) is 5.00. The van der Waals surface area contributed by atoms with E-state index in [9.17, 15) is 9.59 Å². The maximum absolute atomic E-state index is 12.5. The normalized spacial score (nSPS) is 21.1. The topological polar surface area (TPSA) is 57.5 Å². The highest BCUT2D eigenvalue weighted by atomic mass is 16.7. The molecule has 5 heteroatoms. The van der Waals surface area contributed by atoms with E-state index in [-0.39, 0.29) is 11.6 Å². The fraction of sp³-hybridized carbons (Fsp3) is 0.429. The summed E-state index contributed by atoms with van der Waals surface area (Å²) in [6.07, 6.45) is 3.51. The maximum atomic E-state index is 12.5. The van der Waals surface area contributed by atoms with Crippen molar-refractivity contribution in [3.8, 4) is 0 Å². The van der Waals surface area contributed by atoms with Gasteiger partial charge in [0.05, 0.1) is 0 Å². The lowest BCUT2D eigenvalue weighted by molar-refractivity contribution is -0.261. The monoisotopic (exact) mass is 355 g/mol. The van der Waals surface area contributed by atoms with Crippen molar-refractivity contribution in [1.29, 1.82) is 0 Å². The number of ether oxygens (including phenoxy) is 2. The third kappa shape index (κ3) is 2.91. The van der Waals surface area contributed by atoms with Gasteiger partial charge in [0, 0.05) is 41.0 Å². The first-order valence-electron chi connectivity index (χ1n) is 8.81. The maximum Gasteiger partial charge on any atom is 0.348 e. The van der Waals surface area contributed by atoms with Crippen LogP contribution in [0.5, 0.6) is 0 Å². The number of nitrogens with zero attached hydrogens (tertiary/aromatic N) is 1. The summed E-state index contributed by atoms with van der Waals surface area (Å²) < 4.78 is 13.1. The molecule has 5 nitrogen and oxygen atoms in total. The molecule has 0 saturated carbocycles. The molecular formula is C21H25NO4. The largest absolute Gasteiger partial charge is 0.418 e. The number of cyclic esters (lactones) is 2. The van der Waals surface area contributed by atoms with Crippen molar-refractivity contribution in [2.45, 2.75) is 53.4 Å². The molecule has 1 aromatic heterocycles. The standard InChI is InChI=1S/C21H25NO4/c1-13(2)22-12-14(15-9-7-8-10-17(15)22)11-16-18(23)25-21(6,20(3,4)5)26-19(16)24/h7-13H,1-6H3. The molecule has 0 spiro atoms. The summed E-state index contributed by atoms with van der Waals surface area (Å²) in [5, 5.41) is 0.971. The summed E-state index contributed by atoms with van der Waals surface area (Å²) in [4.78, 5) is 25.1. The quantitative estimate of drug-likeness (QED) is 0.453. The first kappa shape index (κ1) is 18.2. The lowest BCUT2D eigenvalue weighted by Crippen LogP contribution is -2.52. The smallest absolute Gasteiger partial charge is 0.348 e. The lowest BCUT2D eigenvalue weighted by Gasteiger charge is -2.42. The van der Waals surface area contributed by atoms with E-state index in [1.807, 2.05) is 51.2 Å². The van der Waals surface area contributed by atoms with E-state index >= 15 is 0 Å². The molecule has 0 unspecified atom stereocenters. The number of carbonyl (C=O) groups excluding carboxylic acids is 2. The Morgan fingerprint density at radius 1 is 1.08 bits per heavy atom. The van der Waals surface area contributed by atoms with Crippen LogP contribution in [-0.2, 0) is 19.1 Å². The van der Waals surface area contributed by atoms with Gasteiger partial charge in [0.25, 0.3) is 5.79 Å². The Morgan fingerprint density at radius 2 is 1.65 bits per heavy atom. The van der Waals surface area contributed by atoms with E-state index in [0.717, 1.165) is 16.5 Å². The molecule has 0 bridgehead atoms. The van der Waals surface area contributed by atoms with Crippen molar-refractivity contribution in [3.63, 3.8) is 0 Å². The number of rotatable bonds is 2. The number of esters is 2. The van der Waals surface area contributed by atoms with E-state index in [1.165, 1.54) is 0 Å². The Balaban J connectivity index is 2.06. The molecule has 0 N–H and O–H groups in total. The van der Waals surface area contributed by atoms with Gasteiger partial charge in [-0.15, -0.1) is 0 Å². The fourth-order valence-electron chi connectivity index (χ4n) is 2.92. The zero-order valence-electron chi connectivity index (χ0n) is 16.1. The van der Waals surface area contributed by atoms with Crippen molar-refractivity contribution >= 4 is 28.9 Å². The van der Waals surface area contributed by atoms with Crippen molar-refractivity contribution in [2.75, 3.05) is 0 Å². The van der Waals surface area contributed by atoms with Crippen LogP contribution in [0.3, 0.4) is 0 Å². The van der Waals surface area contributed by atoms with Crippen molar-refractivity contribution in [2.24, 2.45) is 5.41 Å². The minimum Gasteiger partial charge on any atom is -0.418 e. The lowest BCUT2D eigenvalue weighted by atomic mass is 9.85. The fourth-order valence-corrected chi connectivity index (χ4v) is 2.92. The second-order valence-corrected chi connectivity index (χ2v) is 8.14. The highest BCUT2D eigenvalue weighted by Crippen LogP contribution is 2.39. The summed E-state index contributed by atoms with van der Waals surface area (Å²) in [7, 11) is 0. The number of hydrogen-bond donors (Lipinski definition) is 0. The Bertz CT molecular complexity index is 892. The Morgan fingerprint density at radius 3 is 2.19 bits per heavy atom. The minimum atomic E-state index is -1.29. The van der Waals surface area contributed by atoms with Crippen LogP contribution < -0.4 is 0 Å². The third-order valence-electron chi connectivity index (χ3n) is 5.00. The molecule has 2 aromatic rings. The molecule has 1 aromatic carbocycles. The number of fused-ring (bicyclic) bond motifs is 1. The van der Waals surface area contributed by atoms with Gasteiger partial charge in [-0.2, -0.15) is 0 Å². The SMILES string of the molecule is CC(C)n1cc(C=C2C(=O)OC(C)(C(C)(C)C)OC2=O)c2ccccc21. The Kier molecular flexibility index (Phi) is 4.21. The van der Waals surface area contributed by atoms with Crippen molar-refractivity contribution in [3.05, 3.63) is 41.6 Å². The van der Waals surface area contributed by atoms with Crippen LogP contribution >= 0.6 is 0 Å². The average molecular weight is 355 g/mol. The van der Waals surface area contributed by atoms with Gasteiger partial charge in [-0.3, -0.25) is 0 Å². The molecule has 1 saturated heterocycles. The minimum absolute atomic E-state index is 0.0848. The summed E-state index contributed by atoms with van der Waals surface area (Å²) in [5.41, 5.74) is 1.22. The number of para-hydroxylation sites is 1. The second kappa shape index (κ2) is 6.01.